The van der Waals surface area contributed by atoms with Gasteiger partial charge in [0.2, 0.25) is 5.13 Å². The van der Waals surface area contributed by atoms with Crippen LogP contribution in [-0.2, 0) is 7.05 Å². The van der Waals surface area contributed by atoms with Gasteiger partial charge in [-0.2, -0.15) is 14.5 Å². The van der Waals surface area contributed by atoms with Crippen LogP contribution in [0, 0.1) is 0 Å². The first kappa shape index (κ1) is 19.2. The van der Waals surface area contributed by atoms with Crippen molar-refractivity contribution < 1.29 is 4.79 Å². The number of halogens is 1. The van der Waals surface area contributed by atoms with E-state index < -0.39 is 0 Å². The maximum absolute atomic E-state index is 12.4. The molecule has 0 aliphatic rings. The number of anilines is 3. The fourth-order valence-corrected chi connectivity index (χ4v) is 3.88. The molecule has 5 aromatic rings. The molecular weight excluding hydrogens is 438 g/mol. The van der Waals surface area contributed by atoms with Crippen LogP contribution in [-0.4, -0.2) is 40.5 Å². The molecule has 2 aromatic carbocycles. The summed E-state index contributed by atoms with van der Waals surface area (Å²) in [5, 5.41) is 22.4. The normalized spacial score (nSPS) is 11.0. The van der Waals surface area contributed by atoms with Gasteiger partial charge in [-0.3, -0.25) is 9.89 Å². The lowest BCUT2D eigenvalue weighted by molar-refractivity contribution is 0.101. The zero-order chi connectivity index (χ0) is 21.4. The Hall–Kier alpha value is -3.83. The van der Waals surface area contributed by atoms with E-state index in [0.29, 0.717) is 33.0 Å². The van der Waals surface area contributed by atoms with Gasteiger partial charge in [0.15, 0.2) is 5.82 Å². The number of carbonyl (C=O) groups excluding carboxylic acids is 1. The van der Waals surface area contributed by atoms with E-state index in [1.54, 1.807) is 25.4 Å². The first-order valence-corrected chi connectivity index (χ1v) is 10.2. The number of fused-ring (bicyclic) bond motifs is 1. The van der Waals surface area contributed by atoms with E-state index in [0.717, 1.165) is 16.5 Å². The fourth-order valence-electron chi connectivity index (χ4n) is 3.01. The summed E-state index contributed by atoms with van der Waals surface area (Å²) in [7, 11) is 1.66. The third-order valence-electron chi connectivity index (χ3n) is 4.55. The molecule has 5 rings (SSSR count). The molecule has 0 radical (unpaired) electrons. The van der Waals surface area contributed by atoms with Crippen molar-refractivity contribution in [1.29, 1.82) is 0 Å². The predicted octanol–water partition coefficient (Wildman–Crippen LogP) is 3.86. The highest BCUT2D eigenvalue weighted by atomic mass is 35.5. The van der Waals surface area contributed by atoms with E-state index in [9.17, 15) is 4.79 Å². The van der Waals surface area contributed by atoms with Gasteiger partial charge in [-0.15, -0.1) is 5.10 Å². The molecular formula is C19H14ClN9OS. The average Bonchev–Trinajstić information content (AvgIpc) is 3.51. The van der Waals surface area contributed by atoms with E-state index in [4.69, 9.17) is 11.6 Å². The van der Waals surface area contributed by atoms with Crippen LogP contribution in [0.3, 0.4) is 0 Å². The quantitative estimate of drug-likeness (QED) is 0.370. The van der Waals surface area contributed by atoms with Gasteiger partial charge in [0.05, 0.1) is 28.6 Å². The number of H-pyrrole nitrogens is 1. The van der Waals surface area contributed by atoms with Gasteiger partial charge in [-0.25, -0.2) is 4.68 Å². The van der Waals surface area contributed by atoms with Crippen LogP contribution < -0.4 is 10.6 Å². The molecule has 3 heterocycles. The second-order valence-electron chi connectivity index (χ2n) is 6.58. The van der Waals surface area contributed by atoms with Crippen molar-refractivity contribution in [1.82, 2.24) is 34.5 Å². The molecule has 0 saturated carbocycles. The van der Waals surface area contributed by atoms with Gasteiger partial charge in [0.1, 0.15) is 5.69 Å². The molecule has 0 atom stereocenters. The minimum atomic E-state index is -0.303. The predicted molar refractivity (Wildman–Crippen MR) is 119 cm³/mol. The molecule has 3 aromatic heterocycles. The van der Waals surface area contributed by atoms with E-state index in [1.807, 2.05) is 24.3 Å². The smallest absolute Gasteiger partial charge is 0.275 e. The first-order valence-electron chi connectivity index (χ1n) is 9.07. The van der Waals surface area contributed by atoms with Crippen LogP contribution in [0.2, 0.25) is 5.02 Å². The van der Waals surface area contributed by atoms with E-state index >= 15 is 0 Å². The van der Waals surface area contributed by atoms with Gasteiger partial charge in [0.25, 0.3) is 5.91 Å². The molecule has 1 amide bonds. The third kappa shape index (κ3) is 3.71. The molecule has 0 bridgehead atoms. The summed E-state index contributed by atoms with van der Waals surface area (Å²) in [6.07, 6.45) is 3.08. The Bertz CT molecular complexity index is 1410. The molecule has 0 aliphatic heterocycles. The van der Waals surface area contributed by atoms with Gasteiger partial charge in [-0.05, 0) is 24.3 Å². The molecule has 0 spiro atoms. The highest BCUT2D eigenvalue weighted by Gasteiger charge is 2.14. The molecule has 154 valence electrons. The number of aromatic nitrogens is 7. The molecule has 0 fully saturated rings. The van der Waals surface area contributed by atoms with E-state index in [-0.39, 0.29) is 5.91 Å². The molecule has 0 aliphatic carbocycles. The maximum Gasteiger partial charge on any atom is 0.275 e. The van der Waals surface area contributed by atoms with Crippen LogP contribution in [0.4, 0.5) is 16.5 Å². The zero-order valence-electron chi connectivity index (χ0n) is 16.0. The number of rotatable bonds is 5. The maximum atomic E-state index is 12.4. The summed E-state index contributed by atoms with van der Waals surface area (Å²) >= 11 is 7.68. The lowest BCUT2D eigenvalue weighted by atomic mass is 10.2. The van der Waals surface area contributed by atoms with Crippen LogP contribution in [0.1, 0.15) is 10.5 Å². The van der Waals surface area contributed by atoms with Gasteiger partial charge in [-0.1, -0.05) is 28.9 Å². The lowest BCUT2D eigenvalue weighted by Gasteiger charge is -2.06. The van der Waals surface area contributed by atoms with Crippen molar-refractivity contribution in [2.24, 2.45) is 7.05 Å². The summed E-state index contributed by atoms with van der Waals surface area (Å²) in [6.45, 7) is 0. The Morgan fingerprint density at radius 1 is 1.23 bits per heavy atom. The summed E-state index contributed by atoms with van der Waals surface area (Å²) in [6, 6.07) is 11.0. The third-order valence-corrected chi connectivity index (χ3v) is 5.59. The topological polar surface area (TPSA) is 126 Å². The number of hydrogen-bond donors (Lipinski definition) is 3. The number of benzene rings is 2. The average molecular weight is 452 g/mol. The zero-order valence-corrected chi connectivity index (χ0v) is 17.6. The van der Waals surface area contributed by atoms with E-state index in [2.05, 4.69) is 40.5 Å². The Morgan fingerprint density at radius 2 is 2.13 bits per heavy atom. The Morgan fingerprint density at radius 3 is 2.97 bits per heavy atom. The Balaban J connectivity index is 1.36. The summed E-state index contributed by atoms with van der Waals surface area (Å²) in [4.78, 5) is 16.9. The number of nitrogens with one attached hydrogen (secondary N) is 3. The van der Waals surface area contributed by atoms with Crippen molar-refractivity contribution in [3.63, 3.8) is 0 Å². The molecule has 12 heteroatoms. The van der Waals surface area contributed by atoms with Crippen LogP contribution in [0.15, 0.2) is 48.8 Å². The molecule has 0 saturated heterocycles. The van der Waals surface area contributed by atoms with Crippen molar-refractivity contribution in [2.45, 2.75) is 0 Å². The van der Waals surface area contributed by atoms with Gasteiger partial charge >= 0.3 is 0 Å². The molecule has 3 N–H and O–H groups in total. The fraction of sp³-hybridized carbons (Fsp3) is 0.0526. The number of aryl methyl sites for hydroxylation is 1. The van der Waals surface area contributed by atoms with E-state index in [1.165, 1.54) is 22.4 Å². The van der Waals surface area contributed by atoms with Crippen molar-refractivity contribution >= 4 is 56.4 Å². The number of hydrogen-bond acceptors (Lipinski definition) is 8. The first-order chi connectivity index (χ1) is 15.1. The molecule has 0 unspecified atom stereocenters. The van der Waals surface area contributed by atoms with Gasteiger partial charge < -0.3 is 10.6 Å². The monoisotopic (exact) mass is 451 g/mol. The number of aromatic amines is 1. The molecule has 10 nitrogen and oxygen atoms in total. The highest BCUT2D eigenvalue weighted by Crippen LogP contribution is 2.33. The number of amides is 1. The van der Waals surface area contributed by atoms with Gasteiger partial charge in [0, 0.05) is 35.2 Å². The van der Waals surface area contributed by atoms with Crippen LogP contribution >= 0.6 is 23.1 Å². The lowest BCUT2D eigenvalue weighted by Crippen LogP contribution is -2.16. The van der Waals surface area contributed by atoms with Crippen molar-refractivity contribution in [2.75, 3.05) is 10.6 Å². The minimum Gasteiger partial charge on any atom is -0.329 e. The summed E-state index contributed by atoms with van der Waals surface area (Å²) in [5.41, 5.74) is 3.30. The Kier molecular flexibility index (Phi) is 4.81. The second kappa shape index (κ2) is 7.78. The van der Waals surface area contributed by atoms with Crippen molar-refractivity contribution in [3.8, 4) is 11.4 Å². The van der Waals surface area contributed by atoms with Crippen molar-refractivity contribution in [3.05, 3.63) is 59.5 Å². The number of carbonyl (C=O) groups is 1. The summed E-state index contributed by atoms with van der Waals surface area (Å²) in [5.74, 6) is 0.230. The SMILES string of the molecule is Cn1nncc1C(=O)Nc1cccc(-c2nsc(Nc3ccc4[nH]ncc4c3Cl)n2)c1. The van der Waals surface area contributed by atoms with Crippen LogP contribution in [0.25, 0.3) is 22.3 Å². The number of nitrogens with zero attached hydrogens (tertiary/aromatic N) is 6. The standard InChI is InChI=1S/C19H14ClN9OS/c1-29-15(9-22-28-29)18(30)23-11-4-2-3-10(7-11)17-25-19(31-27-17)24-14-6-5-13-12(16(14)20)8-21-26-13/h2-9H,1H3,(H,21,26)(H,23,30)(H,24,25,27). The molecule has 31 heavy (non-hydrogen) atoms. The minimum absolute atomic E-state index is 0.303. The second-order valence-corrected chi connectivity index (χ2v) is 7.71. The summed E-state index contributed by atoms with van der Waals surface area (Å²) < 4.78 is 5.83. The largest absolute Gasteiger partial charge is 0.329 e. The Labute approximate surface area is 184 Å². The highest BCUT2D eigenvalue weighted by molar-refractivity contribution is 7.10. The van der Waals surface area contributed by atoms with Crippen LogP contribution in [0.5, 0.6) is 0 Å².